The van der Waals surface area contributed by atoms with Crippen LogP contribution in [0.1, 0.15) is 12.8 Å². The summed E-state index contributed by atoms with van der Waals surface area (Å²) in [5.74, 6) is 0.655. The molecule has 1 aromatic heterocycles. The Kier molecular flexibility index (Phi) is 3.51. The van der Waals surface area contributed by atoms with Gasteiger partial charge in [-0.15, -0.1) is 0 Å². The fraction of sp³-hybridized carbons (Fsp3) is 0.333. The van der Waals surface area contributed by atoms with E-state index in [1.165, 1.54) is 4.90 Å². The van der Waals surface area contributed by atoms with E-state index in [0.29, 0.717) is 37.4 Å². The van der Waals surface area contributed by atoms with E-state index >= 15 is 0 Å². The molecule has 3 N–H and O–H groups in total. The molecule has 6 heteroatoms. The van der Waals surface area contributed by atoms with Crippen LogP contribution in [0.25, 0.3) is 10.8 Å². The maximum absolute atomic E-state index is 10.9. The number of likely N-dealkylation sites (tertiary alicyclic amines) is 1. The first-order valence-corrected chi connectivity index (χ1v) is 6.92. The lowest BCUT2D eigenvalue weighted by Crippen LogP contribution is -2.41. The molecule has 1 aromatic carbocycles. The van der Waals surface area contributed by atoms with Crippen molar-refractivity contribution in [2.24, 2.45) is 0 Å². The number of nitrogen functional groups attached to an aromatic ring is 1. The number of benzene rings is 1. The zero-order valence-electron chi connectivity index (χ0n) is 11.5. The average molecular weight is 287 g/mol. The summed E-state index contributed by atoms with van der Waals surface area (Å²) >= 11 is 0. The number of nitrogens with zero attached hydrogens (tertiary/aromatic N) is 2. The third-order valence-electron chi connectivity index (χ3n) is 3.83. The van der Waals surface area contributed by atoms with Crippen LogP contribution in [0.3, 0.4) is 0 Å². The van der Waals surface area contributed by atoms with Crippen molar-refractivity contribution in [3.05, 3.63) is 30.6 Å². The number of aromatic nitrogens is 1. The number of piperidine rings is 1. The van der Waals surface area contributed by atoms with E-state index in [9.17, 15) is 4.79 Å². The number of amides is 1. The summed E-state index contributed by atoms with van der Waals surface area (Å²) in [6.45, 7) is 0.995. The molecular weight excluding hydrogens is 270 g/mol. The summed E-state index contributed by atoms with van der Waals surface area (Å²) < 4.78 is 5.96. The molecule has 0 radical (unpaired) electrons. The van der Waals surface area contributed by atoms with Gasteiger partial charge in [-0.25, -0.2) is 4.79 Å². The lowest BCUT2D eigenvalue weighted by molar-refractivity contribution is 0.0899. The Hall–Kier alpha value is -2.50. The topological polar surface area (TPSA) is 88.7 Å². The predicted molar refractivity (Wildman–Crippen MR) is 79.4 cm³/mol. The first-order valence-electron chi connectivity index (χ1n) is 6.92. The standard InChI is InChI=1S/C15H17N3O3/c16-14-12-3-6-17-9-10(12)1-2-13(14)21-11-4-7-18(8-5-11)15(19)20/h1-3,6,9,11H,4-5,7-8,16H2,(H,19,20). The maximum atomic E-state index is 10.9. The van der Waals surface area contributed by atoms with Crippen molar-refractivity contribution in [1.29, 1.82) is 0 Å². The van der Waals surface area contributed by atoms with Gasteiger partial charge in [-0.05, 0) is 18.2 Å². The number of nitrogens with two attached hydrogens (primary N) is 1. The number of ether oxygens (including phenoxy) is 1. The second-order valence-electron chi connectivity index (χ2n) is 5.16. The van der Waals surface area contributed by atoms with Gasteiger partial charge < -0.3 is 20.5 Å². The lowest BCUT2D eigenvalue weighted by atomic mass is 10.1. The number of pyridine rings is 1. The number of carbonyl (C=O) groups is 1. The summed E-state index contributed by atoms with van der Waals surface area (Å²) in [6.07, 6.45) is 3.96. The first kappa shape index (κ1) is 13.5. The molecule has 0 spiro atoms. The Morgan fingerprint density at radius 3 is 2.81 bits per heavy atom. The number of carboxylic acid groups (broad SMARTS) is 1. The van der Waals surface area contributed by atoms with Crippen LogP contribution in [0.15, 0.2) is 30.6 Å². The van der Waals surface area contributed by atoms with E-state index in [1.807, 2.05) is 18.2 Å². The SMILES string of the molecule is Nc1c(OC2CCN(C(=O)O)CC2)ccc2cnccc12. The summed E-state index contributed by atoms with van der Waals surface area (Å²) in [7, 11) is 0. The van der Waals surface area contributed by atoms with Crippen LogP contribution >= 0.6 is 0 Å². The summed E-state index contributed by atoms with van der Waals surface area (Å²) in [6, 6.07) is 5.65. The van der Waals surface area contributed by atoms with Crippen LogP contribution in [0, 0.1) is 0 Å². The molecule has 2 aromatic rings. The summed E-state index contributed by atoms with van der Waals surface area (Å²) in [5, 5.41) is 10.8. The van der Waals surface area contributed by atoms with E-state index in [0.717, 1.165) is 10.8 Å². The van der Waals surface area contributed by atoms with Crippen molar-refractivity contribution >= 4 is 22.6 Å². The Bertz CT molecular complexity index is 666. The monoisotopic (exact) mass is 287 g/mol. The van der Waals surface area contributed by atoms with Crippen molar-refractivity contribution in [3.8, 4) is 5.75 Å². The Morgan fingerprint density at radius 1 is 1.33 bits per heavy atom. The lowest BCUT2D eigenvalue weighted by Gasteiger charge is -2.30. The van der Waals surface area contributed by atoms with Gasteiger partial charge in [0, 0.05) is 49.1 Å². The van der Waals surface area contributed by atoms with Crippen molar-refractivity contribution in [2.75, 3.05) is 18.8 Å². The van der Waals surface area contributed by atoms with Gasteiger partial charge in [0.05, 0.1) is 5.69 Å². The van der Waals surface area contributed by atoms with Gasteiger partial charge in [0.25, 0.3) is 0 Å². The maximum Gasteiger partial charge on any atom is 0.407 e. The molecule has 110 valence electrons. The molecule has 0 saturated carbocycles. The van der Waals surface area contributed by atoms with Crippen LogP contribution in [-0.2, 0) is 0 Å². The molecule has 0 bridgehead atoms. The minimum Gasteiger partial charge on any atom is -0.488 e. The van der Waals surface area contributed by atoms with Crippen molar-refractivity contribution in [1.82, 2.24) is 9.88 Å². The number of anilines is 1. The van der Waals surface area contributed by atoms with Crippen LogP contribution in [-0.4, -0.2) is 40.3 Å². The number of fused-ring (bicyclic) bond motifs is 1. The second kappa shape index (κ2) is 5.47. The highest BCUT2D eigenvalue weighted by atomic mass is 16.5. The molecule has 3 rings (SSSR count). The smallest absolute Gasteiger partial charge is 0.407 e. The Balaban J connectivity index is 1.74. The van der Waals surface area contributed by atoms with E-state index in [1.54, 1.807) is 12.4 Å². The molecule has 21 heavy (non-hydrogen) atoms. The summed E-state index contributed by atoms with van der Waals surface area (Å²) in [5.41, 5.74) is 6.76. The molecule has 6 nitrogen and oxygen atoms in total. The van der Waals surface area contributed by atoms with Crippen molar-refractivity contribution in [2.45, 2.75) is 18.9 Å². The largest absolute Gasteiger partial charge is 0.488 e. The normalized spacial score (nSPS) is 16.1. The van der Waals surface area contributed by atoms with Crippen molar-refractivity contribution < 1.29 is 14.6 Å². The number of hydrogen-bond donors (Lipinski definition) is 2. The Morgan fingerprint density at radius 2 is 2.10 bits per heavy atom. The molecule has 0 atom stereocenters. The zero-order chi connectivity index (χ0) is 14.8. The molecular formula is C15H17N3O3. The van der Waals surface area contributed by atoms with Crippen LogP contribution in [0.4, 0.5) is 10.5 Å². The third kappa shape index (κ3) is 2.69. The average Bonchev–Trinajstić information content (AvgIpc) is 2.51. The minimum atomic E-state index is -0.869. The van der Waals surface area contributed by atoms with Gasteiger partial charge in [0.2, 0.25) is 0 Å². The van der Waals surface area contributed by atoms with Gasteiger partial charge in [-0.1, -0.05) is 0 Å². The fourth-order valence-electron chi connectivity index (χ4n) is 2.62. The second-order valence-corrected chi connectivity index (χ2v) is 5.16. The van der Waals surface area contributed by atoms with Crippen LogP contribution in [0.5, 0.6) is 5.75 Å². The Labute approximate surface area is 122 Å². The molecule has 1 aliphatic rings. The fourth-order valence-corrected chi connectivity index (χ4v) is 2.62. The highest BCUT2D eigenvalue weighted by Crippen LogP contribution is 2.31. The quantitative estimate of drug-likeness (QED) is 0.828. The number of rotatable bonds is 2. The van der Waals surface area contributed by atoms with Crippen LogP contribution in [0.2, 0.25) is 0 Å². The van der Waals surface area contributed by atoms with E-state index in [4.69, 9.17) is 15.6 Å². The molecule has 1 fully saturated rings. The van der Waals surface area contributed by atoms with Gasteiger partial charge in [0.15, 0.2) is 0 Å². The molecule has 2 heterocycles. The highest BCUT2D eigenvalue weighted by molar-refractivity contribution is 5.95. The molecule has 1 amide bonds. The first-order chi connectivity index (χ1) is 10.1. The molecule has 1 aliphatic heterocycles. The highest BCUT2D eigenvalue weighted by Gasteiger charge is 2.24. The van der Waals surface area contributed by atoms with Gasteiger partial charge in [-0.2, -0.15) is 0 Å². The van der Waals surface area contributed by atoms with Gasteiger partial charge in [-0.3, -0.25) is 4.98 Å². The van der Waals surface area contributed by atoms with Crippen LogP contribution < -0.4 is 10.5 Å². The van der Waals surface area contributed by atoms with E-state index < -0.39 is 6.09 Å². The molecule has 1 saturated heterocycles. The van der Waals surface area contributed by atoms with E-state index in [-0.39, 0.29) is 6.10 Å². The predicted octanol–water partition coefficient (Wildman–Crippen LogP) is 2.34. The van der Waals surface area contributed by atoms with Gasteiger partial charge >= 0.3 is 6.09 Å². The number of hydrogen-bond acceptors (Lipinski definition) is 4. The van der Waals surface area contributed by atoms with Crippen molar-refractivity contribution in [3.63, 3.8) is 0 Å². The molecule has 0 unspecified atom stereocenters. The van der Waals surface area contributed by atoms with E-state index in [2.05, 4.69) is 4.98 Å². The third-order valence-corrected chi connectivity index (χ3v) is 3.83. The minimum absolute atomic E-state index is 0.00203. The zero-order valence-corrected chi connectivity index (χ0v) is 11.5. The van der Waals surface area contributed by atoms with Gasteiger partial charge in [0.1, 0.15) is 11.9 Å². The molecule has 0 aliphatic carbocycles. The summed E-state index contributed by atoms with van der Waals surface area (Å²) in [4.78, 5) is 16.4.